The van der Waals surface area contributed by atoms with Crippen LogP contribution >= 0.6 is 15.9 Å². The molecule has 0 saturated heterocycles. The van der Waals surface area contributed by atoms with E-state index in [1.54, 1.807) is 12.1 Å². The number of amides is 2. The van der Waals surface area contributed by atoms with Crippen LogP contribution in [0.3, 0.4) is 0 Å². The van der Waals surface area contributed by atoms with E-state index in [0.717, 1.165) is 22.8 Å². The van der Waals surface area contributed by atoms with Gasteiger partial charge in [0.2, 0.25) is 10.0 Å². The molecule has 0 fully saturated rings. The Hall–Kier alpha value is -3.35. The maximum Gasteiger partial charge on any atom is 0.329 e. The normalized spacial score (nSPS) is 11.4. The number of benzene rings is 2. The zero-order valence-electron chi connectivity index (χ0n) is 16.2. The smallest absolute Gasteiger partial charge is 0.329 e. The minimum atomic E-state index is -3.72. The van der Waals surface area contributed by atoms with Crippen LogP contribution in [0.25, 0.3) is 0 Å². The van der Waals surface area contributed by atoms with Crippen molar-refractivity contribution >= 4 is 49.7 Å². The lowest BCUT2D eigenvalue weighted by Gasteiger charge is -2.05. The second kappa shape index (κ2) is 10.3. The van der Waals surface area contributed by atoms with Crippen LogP contribution < -0.4 is 15.5 Å². The fraction of sp³-hybridized carbons (Fsp3) is 0.0500. The number of anilines is 1. The Kier molecular flexibility index (Phi) is 7.51. The second-order valence-corrected chi connectivity index (χ2v) is 8.93. The van der Waals surface area contributed by atoms with Crippen molar-refractivity contribution in [1.82, 2.24) is 10.1 Å². The molecule has 0 aliphatic rings. The minimum Gasteiger partial charge on any atom is -0.459 e. The number of halogens is 2. The van der Waals surface area contributed by atoms with Crippen molar-refractivity contribution < 1.29 is 26.8 Å². The number of hydrazone groups is 1. The van der Waals surface area contributed by atoms with Gasteiger partial charge in [0.05, 0.1) is 17.7 Å². The highest BCUT2D eigenvalue weighted by atomic mass is 79.9. The van der Waals surface area contributed by atoms with Crippen molar-refractivity contribution in [2.45, 2.75) is 11.4 Å². The molecule has 9 nitrogen and oxygen atoms in total. The van der Waals surface area contributed by atoms with E-state index >= 15 is 0 Å². The molecule has 2 aromatic carbocycles. The van der Waals surface area contributed by atoms with Crippen molar-refractivity contribution in [3.8, 4) is 0 Å². The quantitative estimate of drug-likeness (QED) is 0.249. The van der Waals surface area contributed by atoms with Crippen molar-refractivity contribution in [1.29, 1.82) is 0 Å². The van der Waals surface area contributed by atoms with Gasteiger partial charge in [-0.15, -0.1) is 0 Å². The van der Waals surface area contributed by atoms with Gasteiger partial charge >= 0.3 is 11.8 Å². The summed E-state index contributed by atoms with van der Waals surface area (Å²) >= 11 is 3.24. The third-order valence-electron chi connectivity index (χ3n) is 3.91. The average molecular weight is 523 g/mol. The lowest BCUT2D eigenvalue weighted by molar-refractivity contribution is -0.136. The molecule has 0 spiro atoms. The van der Waals surface area contributed by atoms with Crippen LogP contribution in [0.5, 0.6) is 0 Å². The number of hydrogen-bond acceptors (Lipinski definition) is 6. The second-order valence-electron chi connectivity index (χ2n) is 6.24. The number of nitrogens with one attached hydrogen (secondary N) is 3. The van der Waals surface area contributed by atoms with E-state index in [1.807, 2.05) is 5.43 Å². The van der Waals surface area contributed by atoms with Crippen LogP contribution in [0.2, 0.25) is 0 Å². The van der Waals surface area contributed by atoms with Crippen LogP contribution in [-0.2, 0) is 26.2 Å². The van der Waals surface area contributed by atoms with Gasteiger partial charge in [-0.1, -0.05) is 15.9 Å². The standard InChI is InChI=1S/C20H16BrFN4O5S/c21-13-1-9-18(10-2-13)32(29,30)24-12-17-8-7-16(31-17)11-23-26-20(28)19(27)25-15-5-3-14(22)4-6-15/h1-11,24H,12H2,(H,25,27)(H,26,28)/b23-11+. The first-order valence-corrected chi connectivity index (χ1v) is 11.2. The van der Waals surface area contributed by atoms with Crippen LogP contribution in [0.1, 0.15) is 11.5 Å². The summed E-state index contributed by atoms with van der Waals surface area (Å²) in [5.74, 6) is -1.97. The molecular weight excluding hydrogens is 507 g/mol. The monoisotopic (exact) mass is 522 g/mol. The SMILES string of the molecule is O=C(N/N=C/c1ccc(CNS(=O)(=O)c2ccc(Br)cc2)o1)C(=O)Nc1ccc(F)cc1. The molecule has 0 atom stereocenters. The number of hydrogen-bond donors (Lipinski definition) is 3. The largest absolute Gasteiger partial charge is 0.459 e. The number of furan rings is 1. The number of carbonyl (C=O) groups excluding carboxylic acids is 2. The number of carbonyl (C=O) groups is 2. The molecule has 166 valence electrons. The topological polar surface area (TPSA) is 130 Å². The van der Waals surface area contributed by atoms with Gasteiger partial charge in [0, 0.05) is 10.2 Å². The van der Waals surface area contributed by atoms with Crippen LogP contribution in [0.15, 0.2) is 79.6 Å². The summed E-state index contributed by atoms with van der Waals surface area (Å²) in [6.07, 6.45) is 1.15. The zero-order valence-corrected chi connectivity index (χ0v) is 18.6. The van der Waals surface area contributed by atoms with Gasteiger partial charge < -0.3 is 9.73 Å². The predicted molar refractivity (Wildman–Crippen MR) is 118 cm³/mol. The summed E-state index contributed by atoms with van der Waals surface area (Å²) in [5.41, 5.74) is 2.27. The summed E-state index contributed by atoms with van der Waals surface area (Å²) in [7, 11) is -3.72. The van der Waals surface area contributed by atoms with Crippen LogP contribution in [-0.4, -0.2) is 26.4 Å². The molecule has 1 aromatic heterocycles. The van der Waals surface area contributed by atoms with Crippen LogP contribution in [0, 0.1) is 5.82 Å². The van der Waals surface area contributed by atoms with E-state index in [9.17, 15) is 22.4 Å². The average Bonchev–Trinajstić information content (AvgIpc) is 3.22. The van der Waals surface area contributed by atoms with Gasteiger partial charge in [-0.05, 0) is 60.7 Å². The lowest BCUT2D eigenvalue weighted by atomic mass is 10.3. The highest BCUT2D eigenvalue weighted by molar-refractivity contribution is 9.10. The van der Waals surface area contributed by atoms with Gasteiger partial charge in [0.1, 0.15) is 17.3 Å². The Morgan fingerprint density at radius 3 is 2.38 bits per heavy atom. The molecule has 0 aliphatic carbocycles. The molecule has 32 heavy (non-hydrogen) atoms. The van der Waals surface area contributed by atoms with Gasteiger partial charge in [0.25, 0.3) is 0 Å². The van der Waals surface area contributed by atoms with E-state index in [0.29, 0.717) is 5.76 Å². The third kappa shape index (κ3) is 6.57. The first-order chi connectivity index (χ1) is 15.2. The molecule has 3 aromatic rings. The maximum absolute atomic E-state index is 12.9. The van der Waals surface area contributed by atoms with E-state index in [4.69, 9.17) is 4.42 Å². The molecule has 3 rings (SSSR count). The Labute approximate surface area is 190 Å². The van der Waals surface area contributed by atoms with E-state index in [-0.39, 0.29) is 22.9 Å². The first kappa shape index (κ1) is 23.3. The van der Waals surface area contributed by atoms with E-state index in [1.165, 1.54) is 36.4 Å². The summed E-state index contributed by atoms with van der Waals surface area (Å²) in [6.45, 7) is -0.0985. The molecule has 3 N–H and O–H groups in total. The highest BCUT2D eigenvalue weighted by Crippen LogP contribution is 2.15. The first-order valence-electron chi connectivity index (χ1n) is 8.97. The molecule has 0 aliphatic heterocycles. The molecule has 0 bridgehead atoms. The van der Waals surface area contributed by atoms with Gasteiger partial charge in [-0.25, -0.2) is 23.0 Å². The fourth-order valence-electron chi connectivity index (χ4n) is 2.35. The van der Waals surface area contributed by atoms with E-state index in [2.05, 4.69) is 31.1 Å². The zero-order chi connectivity index (χ0) is 23.1. The number of nitrogens with zero attached hydrogens (tertiary/aromatic N) is 1. The number of sulfonamides is 1. The molecule has 0 saturated carbocycles. The Morgan fingerprint density at radius 1 is 1.00 bits per heavy atom. The highest BCUT2D eigenvalue weighted by Gasteiger charge is 2.15. The van der Waals surface area contributed by atoms with Gasteiger partial charge in [-0.2, -0.15) is 5.10 Å². The molecule has 0 unspecified atom stereocenters. The summed E-state index contributed by atoms with van der Waals surface area (Å²) in [5, 5.41) is 5.90. The van der Waals surface area contributed by atoms with Gasteiger partial charge in [0.15, 0.2) is 0 Å². The summed E-state index contributed by atoms with van der Waals surface area (Å²) < 4.78 is 46.0. The minimum absolute atomic E-state index is 0.0985. The molecule has 1 heterocycles. The van der Waals surface area contributed by atoms with Crippen LogP contribution in [0.4, 0.5) is 10.1 Å². The predicted octanol–water partition coefficient (Wildman–Crippen LogP) is 2.75. The summed E-state index contributed by atoms with van der Waals surface area (Å²) in [4.78, 5) is 23.6. The molecule has 0 radical (unpaired) electrons. The maximum atomic E-state index is 12.9. The van der Waals surface area contributed by atoms with Crippen molar-refractivity contribution in [3.63, 3.8) is 0 Å². The molecular formula is C20H16BrFN4O5S. The Morgan fingerprint density at radius 2 is 1.69 bits per heavy atom. The molecule has 12 heteroatoms. The Balaban J connectivity index is 1.49. The van der Waals surface area contributed by atoms with Crippen molar-refractivity contribution in [2.24, 2.45) is 5.10 Å². The van der Waals surface area contributed by atoms with Crippen molar-refractivity contribution in [3.05, 3.63) is 82.5 Å². The van der Waals surface area contributed by atoms with Crippen molar-refractivity contribution in [2.75, 3.05) is 5.32 Å². The Bertz CT molecular complexity index is 1240. The fourth-order valence-corrected chi connectivity index (χ4v) is 3.61. The number of rotatable bonds is 7. The van der Waals surface area contributed by atoms with Gasteiger partial charge in [-0.3, -0.25) is 9.59 Å². The summed E-state index contributed by atoms with van der Waals surface area (Å²) in [6, 6.07) is 14.1. The lowest BCUT2D eigenvalue weighted by Crippen LogP contribution is -2.32. The van der Waals surface area contributed by atoms with E-state index < -0.39 is 27.7 Å². The molecule has 2 amide bonds. The third-order valence-corrected chi connectivity index (χ3v) is 5.85.